The molecular weight excluding hydrogens is 214 g/mol. The van der Waals surface area contributed by atoms with E-state index in [4.69, 9.17) is 11.6 Å². The Kier molecular flexibility index (Phi) is 2.51. The summed E-state index contributed by atoms with van der Waals surface area (Å²) in [5, 5.41) is 0.199. The predicted molar refractivity (Wildman–Crippen MR) is 56.0 cm³/mol. The summed E-state index contributed by atoms with van der Waals surface area (Å²) < 4.78 is 3.24. The van der Waals surface area contributed by atoms with Crippen LogP contribution in [0.2, 0.25) is 5.15 Å². The summed E-state index contributed by atoms with van der Waals surface area (Å²) in [4.78, 5) is 15.0. The van der Waals surface area contributed by atoms with E-state index in [1.165, 1.54) is 4.57 Å². The molecular formula is C10H9ClN3O+. The Morgan fingerprint density at radius 1 is 1.33 bits per heavy atom. The fourth-order valence-corrected chi connectivity index (χ4v) is 1.47. The molecule has 4 nitrogen and oxygen atoms in total. The molecule has 0 radical (unpaired) electrons. The summed E-state index contributed by atoms with van der Waals surface area (Å²) in [6.45, 7) is 0. The van der Waals surface area contributed by atoms with Crippen molar-refractivity contribution in [1.82, 2.24) is 9.55 Å². The van der Waals surface area contributed by atoms with Crippen molar-refractivity contribution in [2.75, 3.05) is 0 Å². The molecule has 0 aliphatic carbocycles. The molecule has 2 heterocycles. The molecule has 0 atom stereocenters. The first-order valence-electron chi connectivity index (χ1n) is 4.39. The lowest BCUT2D eigenvalue weighted by Crippen LogP contribution is -2.37. The van der Waals surface area contributed by atoms with Crippen LogP contribution < -0.4 is 10.3 Å². The van der Waals surface area contributed by atoms with Crippen LogP contribution >= 0.6 is 11.6 Å². The van der Waals surface area contributed by atoms with Crippen LogP contribution in [-0.2, 0) is 7.05 Å². The second-order valence-corrected chi connectivity index (χ2v) is 3.45. The summed E-state index contributed by atoms with van der Waals surface area (Å²) in [5.74, 6) is 0.681. The maximum atomic E-state index is 11.4. The summed E-state index contributed by atoms with van der Waals surface area (Å²) in [7, 11) is 1.65. The van der Waals surface area contributed by atoms with Crippen molar-refractivity contribution < 1.29 is 4.57 Å². The Hall–Kier alpha value is -1.68. The molecule has 0 amide bonds. The Morgan fingerprint density at radius 3 is 2.67 bits per heavy atom. The number of pyridine rings is 1. The van der Waals surface area contributed by atoms with Crippen LogP contribution in [0.1, 0.15) is 0 Å². The van der Waals surface area contributed by atoms with Gasteiger partial charge < -0.3 is 0 Å². The highest BCUT2D eigenvalue weighted by molar-refractivity contribution is 6.29. The van der Waals surface area contributed by atoms with Crippen molar-refractivity contribution in [2.45, 2.75) is 0 Å². The third-order valence-corrected chi connectivity index (χ3v) is 2.25. The molecule has 2 aromatic heterocycles. The minimum atomic E-state index is -0.367. The molecule has 0 saturated heterocycles. The van der Waals surface area contributed by atoms with E-state index in [1.54, 1.807) is 17.7 Å². The highest BCUT2D eigenvalue weighted by Gasteiger charge is 2.12. The Bertz CT molecular complexity index is 536. The fourth-order valence-electron chi connectivity index (χ4n) is 1.30. The molecule has 15 heavy (non-hydrogen) atoms. The van der Waals surface area contributed by atoms with Crippen LogP contribution in [0, 0.1) is 0 Å². The van der Waals surface area contributed by atoms with Crippen molar-refractivity contribution >= 4 is 11.6 Å². The van der Waals surface area contributed by atoms with Crippen molar-refractivity contribution in [3.05, 3.63) is 52.3 Å². The van der Waals surface area contributed by atoms with Gasteiger partial charge in [-0.2, -0.15) is 9.55 Å². The maximum Gasteiger partial charge on any atom is 0.436 e. The average Bonchev–Trinajstić information content (AvgIpc) is 2.24. The van der Waals surface area contributed by atoms with E-state index < -0.39 is 0 Å². The minimum absolute atomic E-state index is 0.199. The molecule has 0 aliphatic rings. The van der Waals surface area contributed by atoms with E-state index in [-0.39, 0.29) is 10.8 Å². The topological polar surface area (TPSA) is 38.8 Å². The van der Waals surface area contributed by atoms with Gasteiger partial charge in [0.05, 0.1) is 25.5 Å². The van der Waals surface area contributed by atoms with Gasteiger partial charge in [0.1, 0.15) is 5.15 Å². The molecule has 0 N–H and O–H groups in total. The second-order valence-electron chi connectivity index (χ2n) is 3.06. The molecule has 0 spiro atoms. The number of hydrogen-bond donors (Lipinski definition) is 0. The van der Waals surface area contributed by atoms with Gasteiger partial charge in [-0.05, 0) is 12.1 Å². The minimum Gasteiger partial charge on any atom is -0.218 e. The molecule has 2 aromatic rings. The lowest BCUT2D eigenvalue weighted by Gasteiger charge is -2.00. The van der Waals surface area contributed by atoms with Gasteiger partial charge in [-0.25, -0.2) is 9.36 Å². The third kappa shape index (κ3) is 1.89. The quantitative estimate of drug-likeness (QED) is 0.527. The van der Waals surface area contributed by atoms with E-state index in [2.05, 4.69) is 4.98 Å². The Labute approximate surface area is 91.4 Å². The molecule has 5 heteroatoms. The average molecular weight is 223 g/mol. The lowest BCUT2D eigenvalue weighted by atomic mass is 10.4. The van der Waals surface area contributed by atoms with Crippen molar-refractivity contribution in [2.24, 2.45) is 7.05 Å². The van der Waals surface area contributed by atoms with Gasteiger partial charge in [-0.15, -0.1) is 0 Å². The van der Waals surface area contributed by atoms with Gasteiger partial charge in [0, 0.05) is 0 Å². The molecule has 0 saturated carbocycles. The molecule has 0 aliphatic heterocycles. The molecule has 76 valence electrons. The number of rotatable bonds is 1. The van der Waals surface area contributed by atoms with Gasteiger partial charge in [-0.3, -0.25) is 0 Å². The second kappa shape index (κ2) is 3.82. The number of hydrogen-bond acceptors (Lipinski definition) is 2. The summed E-state index contributed by atoms with van der Waals surface area (Å²) >= 11 is 5.73. The van der Waals surface area contributed by atoms with Crippen LogP contribution in [-0.4, -0.2) is 9.55 Å². The third-order valence-electron chi connectivity index (χ3n) is 2.06. The zero-order valence-electron chi connectivity index (χ0n) is 8.09. The van der Waals surface area contributed by atoms with E-state index in [0.717, 1.165) is 0 Å². The predicted octanol–water partition coefficient (Wildman–Crippen LogP) is 0.710. The molecule has 0 fully saturated rings. The van der Waals surface area contributed by atoms with Crippen molar-refractivity contribution in [1.29, 1.82) is 0 Å². The van der Waals surface area contributed by atoms with E-state index in [0.29, 0.717) is 5.82 Å². The fraction of sp³-hybridized carbons (Fsp3) is 0.100. The first kappa shape index (κ1) is 9.86. The first-order chi connectivity index (χ1) is 7.18. The number of halogens is 1. The van der Waals surface area contributed by atoms with Crippen molar-refractivity contribution in [3.8, 4) is 5.82 Å². The van der Waals surface area contributed by atoms with Crippen LogP contribution in [0.15, 0.2) is 41.5 Å². The highest BCUT2D eigenvalue weighted by Crippen LogP contribution is 2.03. The Morgan fingerprint density at radius 2 is 2.00 bits per heavy atom. The smallest absolute Gasteiger partial charge is 0.218 e. The van der Waals surface area contributed by atoms with Crippen LogP contribution in [0.4, 0.5) is 0 Å². The van der Waals surface area contributed by atoms with Crippen molar-refractivity contribution in [3.63, 3.8) is 0 Å². The monoisotopic (exact) mass is 222 g/mol. The zero-order chi connectivity index (χ0) is 10.8. The SMILES string of the molecule is Cn1c(-[n+]2ccccc2)cc(Cl)nc1=O. The van der Waals surface area contributed by atoms with Gasteiger partial charge >= 0.3 is 5.69 Å². The van der Waals surface area contributed by atoms with Gasteiger partial charge in [0.2, 0.25) is 0 Å². The van der Waals surface area contributed by atoms with E-state index in [1.807, 2.05) is 30.6 Å². The Balaban J connectivity index is 2.68. The number of aromatic nitrogens is 3. The van der Waals surface area contributed by atoms with Gasteiger partial charge in [-0.1, -0.05) is 17.7 Å². The van der Waals surface area contributed by atoms with Gasteiger partial charge in [0.15, 0.2) is 0 Å². The number of nitrogens with zero attached hydrogens (tertiary/aromatic N) is 3. The highest BCUT2D eigenvalue weighted by atomic mass is 35.5. The van der Waals surface area contributed by atoms with E-state index >= 15 is 0 Å². The largest absolute Gasteiger partial charge is 0.436 e. The lowest BCUT2D eigenvalue weighted by molar-refractivity contribution is -0.601. The van der Waals surface area contributed by atoms with E-state index in [9.17, 15) is 4.79 Å². The van der Waals surface area contributed by atoms with Gasteiger partial charge in [0.25, 0.3) is 5.82 Å². The summed E-state index contributed by atoms with van der Waals surface area (Å²) in [6.07, 6.45) is 3.68. The maximum absolute atomic E-state index is 11.4. The zero-order valence-corrected chi connectivity index (χ0v) is 8.85. The molecule has 0 unspecified atom stereocenters. The molecule has 0 aromatic carbocycles. The summed E-state index contributed by atoms with van der Waals surface area (Å²) in [5.41, 5.74) is -0.367. The standard InChI is InChI=1S/C10H9ClN3O/c1-13-9(7-8(11)12-10(13)15)14-5-3-2-4-6-14/h2-7H,1H3/q+1. The normalized spacial score (nSPS) is 10.3. The molecule has 0 bridgehead atoms. The first-order valence-corrected chi connectivity index (χ1v) is 4.76. The van der Waals surface area contributed by atoms with Crippen LogP contribution in [0.25, 0.3) is 5.82 Å². The van der Waals surface area contributed by atoms with Crippen LogP contribution in [0.5, 0.6) is 0 Å². The summed E-state index contributed by atoms with van der Waals surface area (Å²) in [6, 6.07) is 7.29. The molecule has 2 rings (SSSR count). The van der Waals surface area contributed by atoms with Crippen LogP contribution in [0.3, 0.4) is 0 Å².